The van der Waals surface area contributed by atoms with Crippen LogP contribution in [0.15, 0.2) is 83.8 Å². The topological polar surface area (TPSA) is 136 Å². The van der Waals surface area contributed by atoms with E-state index in [0.717, 1.165) is 16.4 Å². The molecule has 0 atom stereocenters. The highest BCUT2D eigenvalue weighted by molar-refractivity contribution is 7.92. The molecular formula is C23H21N3O7S. The zero-order chi connectivity index (χ0) is 24.7. The number of nitrogens with one attached hydrogen (secondary N) is 1. The van der Waals surface area contributed by atoms with Gasteiger partial charge in [-0.3, -0.25) is 19.2 Å². The number of esters is 1. The molecule has 0 fully saturated rings. The van der Waals surface area contributed by atoms with E-state index in [0.29, 0.717) is 0 Å². The second-order valence-corrected chi connectivity index (χ2v) is 8.81. The van der Waals surface area contributed by atoms with Crippen LogP contribution in [0.2, 0.25) is 0 Å². The Kier molecular flexibility index (Phi) is 7.59. The van der Waals surface area contributed by atoms with Crippen molar-refractivity contribution in [1.29, 1.82) is 0 Å². The van der Waals surface area contributed by atoms with Crippen LogP contribution >= 0.6 is 0 Å². The first-order valence-corrected chi connectivity index (χ1v) is 11.6. The Morgan fingerprint density at radius 2 is 1.68 bits per heavy atom. The minimum absolute atomic E-state index is 0.0505. The molecule has 1 amide bonds. The first-order valence-electron chi connectivity index (χ1n) is 10.1. The number of rotatable bonds is 9. The summed E-state index contributed by atoms with van der Waals surface area (Å²) in [4.78, 5) is 35.1. The molecule has 34 heavy (non-hydrogen) atoms. The summed E-state index contributed by atoms with van der Waals surface area (Å²) in [6.07, 6.45) is 0. The third-order valence-corrected chi connectivity index (χ3v) is 6.41. The lowest BCUT2D eigenvalue weighted by Gasteiger charge is -2.24. The molecule has 3 rings (SSSR count). The lowest BCUT2D eigenvalue weighted by Crippen LogP contribution is -2.38. The third-order valence-electron chi connectivity index (χ3n) is 4.62. The van der Waals surface area contributed by atoms with Crippen molar-refractivity contribution < 1.29 is 27.7 Å². The number of non-ortho nitro benzene ring substituents is 1. The molecule has 1 N–H and O–H groups in total. The van der Waals surface area contributed by atoms with Crippen LogP contribution in [0.5, 0.6) is 0 Å². The summed E-state index contributed by atoms with van der Waals surface area (Å²) in [5, 5.41) is 13.5. The number of sulfonamides is 1. The number of hydrogen-bond acceptors (Lipinski definition) is 7. The fourth-order valence-electron chi connectivity index (χ4n) is 3.04. The van der Waals surface area contributed by atoms with Gasteiger partial charge in [-0.15, -0.1) is 0 Å². The first-order chi connectivity index (χ1) is 16.2. The Labute approximate surface area is 196 Å². The smallest absolute Gasteiger partial charge is 0.338 e. The average Bonchev–Trinajstić information content (AvgIpc) is 2.83. The van der Waals surface area contributed by atoms with Crippen LogP contribution in [0.3, 0.4) is 0 Å². The number of amides is 1. The maximum Gasteiger partial charge on any atom is 0.338 e. The molecule has 0 aliphatic carbocycles. The Morgan fingerprint density at radius 1 is 1.00 bits per heavy atom. The van der Waals surface area contributed by atoms with Gasteiger partial charge in [-0.25, -0.2) is 13.2 Å². The largest absolute Gasteiger partial charge is 0.462 e. The van der Waals surface area contributed by atoms with E-state index in [2.05, 4.69) is 5.32 Å². The van der Waals surface area contributed by atoms with Crippen LogP contribution in [0.25, 0.3) is 0 Å². The summed E-state index contributed by atoms with van der Waals surface area (Å²) >= 11 is 0. The number of nitro benzene ring substituents is 1. The summed E-state index contributed by atoms with van der Waals surface area (Å²) in [5.41, 5.74) is 0.353. The maximum absolute atomic E-state index is 13.3. The fraction of sp³-hybridized carbons (Fsp3) is 0.130. The number of nitrogens with zero attached hydrogens (tertiary/aromatic N) is 2. The first kappa shape index (κ1) is 24.4. The van der Waals surface area contributed by atoms with Gasteiger partial charge >= 0.3 is 5.97 Å². The number of carbonyl (C=O) groups excluding carboxylic acids is 2. The highest BCUT2D eigenvalue weighted by Gasteiger charge is 2.27. The van der Waals surface area contributed by atoms with Crippen molar-refractivity contribution in [3.05, 3.63) is 94.5 Å². The van der Waals surface area contributed by atoms with E-state index in [1.165, 1.54) is 36.4 Å². The van der Waals surface area contributed by atoms with E-state index >= 15 is 0 Å². The predicted molar refractivity (Wildman–Crippen MR) is 125 cm³/mol. The zero-order valence-corrected chi connectivity index (χ0v) is 18.9. The van der Waals surface area contributed by atoms with Crippen LogP contribution in [0.4, 0.5) is 17.1 Å². The number of anilines is 2. The number of nitro groups is 1. The van der Waals surface area contributed by atoms with Gasteiger partial charge in [0.15, 0.2) is 0 Å². The van der Waals surface area contributed by atoms with Crippen molar-refractivity contribution in [3.63, 3.8) is 0 Å². The molecule has 0 aromatic heterocycles. The Bertz CT molecular complexity index is 1290. The van der Waals surface area contributed by atoms with Gasteiger partial charge in [0.2, 0.25) is 5.91 Å². The van der Waals surface area contributed by atoms with Gasteiger partial charge in [0.1, 0.15) is 6.54 Å². The molecule has 0 saturated carbocycles. The van der Waals surface area contributed by atoms with Crippen LogP contribution in [-0.2, 0) is 19.6 Å². The van der Waals surface area contributed by atoms with Crippen molar-refractivity contribution in [1.82, 2.24) is 0 Å². The minimum Gasteiger partial charge on any atom is -0.462 e. The lowest BCUT2D eigenvalue weighted by atomic mass is 10.2. The van der Waals surface area contributed by atoms with Crippen LogP contribution in [0.1, 0.15) is 17.3 Å². The third kappa shape index (κ3) is 5.75. The van der Waals surface area contributed by atoms with Crippen molar-refractivity contribution in [3.8, 4) is 0 Å². The molecule has 0 radical (unpaired) electrons. The van der Waals surface area contributed by atoms with Crippen molar-refractivity contribution in [2.24, 2.45) is 0 Å². The molecule has 0 unspecified atom stereocenters. The zero-order valence-electron chi connectivity index (χ0n) is 18.1. The van der Waals surface area contributed by atoms with E-state index in [-0.39, 0.29) is 34.1 Å². The van der Waals surface area contributed by atoms with E-state index in [9.17, 15) is 28.1 Å². The molecule has 0 bridgehead atoms. The molecule has 0 aliphatic rings. The van der Waals surface area contributed by atoms with Gasteiger partial charge in [-0.1, -0.05) is 24.3 Å². The highest BCUT2D eigenvalue weighted by atomic mass is 32.2. The van der Waals surface area contributed by atoms with Crippen LogP contribution in [0, 0.1) is 10.1 Å². The molecule has 3 aromatic carbocycles. The van der Waals surface area contributed by atoms with E-state index in [4.69, 9.17) is 4.74 Å². The van der Waals surface area contributed by atoms with Crippen molar-refractivity contribution >= 4 is 39.0 Å². The molecular weight excluding hydrogens is 462 g/mol. The lowest BCUT2D eigenvalue weighted by molar-refractivity contribution is -0.384. The molecule has 0 aliphatic heterocycles. The molecule has 11 heteroatoms. The van der Waals surface area contributed by atoms with Gasteiger partial charge in [0, 0.05) is 17.8 Å². The van der Waals surface area contributed by atoms with Gasteiger partial charge in [-0.2, -0.15) is 0 Å². The molecule has 10 nitrogen and oxygen atoms in total. The minimum atomic E-state index is -4.17. The second kappa shape index (κ2) is 10.6. The molecule has 176 valence electrons. The Hall–Kier alpha value is -4.25. The number of benzene rings is 3. The summed E-state index contributed by atoms with van der Waals surface area (Å²) in [6, 6.07) is 18.4. The highest BCUT2D eigenvalue weighted by Crippen LogP contribution is 2.26. The van der Waals surface area contributed by atoms with E-state index in [1.807, 2.05) is 0 Å². The second-order valence-electron chi connectivity index (χ2n) is 6.95. The van der Waals surface area contributed by atoms with Gasteiger partial charge in [0.05, 0.1) is 27.7 Å². The summed E-state index contributed by atoms with van der Waals surface area (Å²) < 4.78 is 32.4. The Morgan fingerprint density at radius 3 is 2.29 bits per heavy atom. The van der Waals surface area contributed by atoms with Crippen LogP contribution in [-0.4, -0.2) is 38.4 Å². The number of ether oxygens (including phenoxy) is 1. The quantitative estimate of drug-likeness (QED) is 0.279. The Balaban J connectivity index is 1.90. The molecule has 0 heterocycles. The predicted octanol–water partition coefficient (Wildman–Crippen LogP) is 3.61. The summed E-state index contributed by atoms with van der Waals surface area (Å²) in [7, 11) is -4.17. The normalized spacial score (nSPS) is 10.9. The maximum atomic E-state index is 13.3. The fourth-order valence-corrected chi connectivity index (χ4v) is 4.49. The van der Waals surface area contributed by atoms with E-state index < -0.39 is 33.4 Å². The van der Waals surface area contributed by atoms with Gasteiger partial charge in [-0.05, 0) is 49.4 Å². The number of carbonyl (C=O) groups is 2. The van der Waals surface area contributed by atoms with E-state index in [1.54, 1.807) is 37.3 Å². The van der Waals surface area contributed by atoms with Crippen molar-refractivity contribution in [2.45, 2.75) is 11.8 Å². The summed E-state index contributed by atoms with van der Waals surface area (Å²) in [6.45, 7) is 1.25. The summed E-state index contributed by atoms with van der Waals surface area (Å²) in [5.74, 6) is -1.24. The van der Waals surface area contributed by atoms with Crippen molar-refractivity contribution in [2.75, 3.05) is 22.8 Å². The number of hydrogen-bond donors (Lipinski definition) is 1. The van der Waals surface area contributed by atoms with Gasteiger partial charge in [0.25, 0.3) is 15.7 Å². The average molecular weight is 484 g/mol. The molecule has 3 aromatic rings. The molecule has 0 saturated heterocycles. The monoisotopic (exact) mass is 483 g/mol. The molecule has 0 spiro atoms. The standard InChI is InChI=1S/C23H21N3O7S/c1-2-33-23(28)17-7-6-8-18(15-17)24-22(27)16-25(19-11-13-20(14-12-19)26(29)30)34(31,32)21-9-4-3-5-10-21/h3-15H,2,16H2,1H3,(H,24,27). The SMILES string of the molecule is CCOC(=O)c1cccc(NC(=O)CN(c2ccc([N+](=O)[O-])cc2)S(=O)(=O)c2ccccc2)c1. The van der Waals surface area contributed by atoms with Gasteiger partial charge < -0.3 is 10.1 Å². The van der Waals surface area contributed by atoms with Crippen LogP contribution < -0.4 is 9.62 Å².